The van der Waals surface area contributed by atoms with Crippen LogP contribution in [0.25, 0.3) is 0 Å². The van der Waals surface area contributed by atoms with Gasteiger partial charge in [-0.3, -0.25) is 0 Å². The summed E-state index contributed by atoms with van der Waals surface area (Å²) in [5, 5.41) is 9.32. The molecule has 1 aromatic carbocycles. The zero-order valence-corrected chi connectivity index (χ0v) is 11.2. The topological polar surface area (TPSA) is 23.5 Å². The van der Waals surface area contributed by atoms with Crippen molar-refractivity contribution < 1.29 is 5.11 Å². The fourth-order valence-corrected chi connectivity index (χ4v) is 2.57. The highest BCUT2D eigenvalue weighted by atomic mass is 16.3. The van der Waals surface area contributed by atoms with Crippen molar-refractivity contribution >= 4 is 5.69 Å². The number of fused-ring (bicyclic) bond motifs is 1. The second kappa shape index (κ2) is 4.69. The lowest BCUT2D eigenvalue weighted by atomic mass is 9.86. The van der Waals surface area contributed by atoms with E-state index in [-0.39, 0.29) is 12.0 Å². The van der Waals surface area contributed by atoms with E-state index in [1.807, 2.05) is 0 Å². The van der Waals surface area contributed by atoms with E-state index in [0.29, 0.717) is 0 Å². The maximum Gasteiger partial charge on any atom is 0.0485 e. The van der Waals surface area contributed by atoms with Gasteiger partial charge in [0.1, 0.15) is 0 Å². The lowest BCUT2D eigenvalue weighted by molar-refractivity contribution is 0.159. The van der Waals surface area contributed by atoms with Crippen LogP contribution in [-0.2, 0) is 12.8 Å². The van der Waals surface area contributed by atoms with Crippen LogP contribution in [-0.4, -0.2) is 24.8 Å². The first-order valence-corrected chi connectivity index (χ1v) is 6.53. The normalized spacial score (nSPS) is 15.2. The molecule has 2 rings (SSSR count). The molecule has 1 aliphatic rings. The smallest absolute Gasteiger partial charge is 0.0485 e. The minimum absolute atomic E-state index is 0.0166. The summed E-state index contributed by atoms with van der Waals surface area (Å²) >= 11 is 0. The van der Waals surface area contributed by atoms with Gasteiger partial charge in [0.15, 0.2) is 0 Å². The lowest BCUT2D eigenvalue weighted by Gasteiger charge is -2.22. The predicted molar refractivity (Wildman–Crippen MR) is 72.6 cm³/mol. The van der Waals surface area contributed by atoms with Crippen LogP contribution in [0.3, 0.4) is 0 Å². The Balaban J connectivity index is 2.18. The Morgan fingerprint density at radius 1 is 1.35 bits per heavy atom. The fourth-order valence-electron chi connectivity index (χ4n) is 2.57. The molecule has 0 unspecified atom stereocenters. The summed E-state index contributed by atoms with van der Waals surface area (Å²) in [4.78, 5) is 2.43. The number of aliphatic hydroxyl groups excluding tert-OH is 1. The van der Waals surface area contributed by atoms with Crippen LogP contribution in [0, 0.1) is 5.41 Å². The average molecular weight is 233 g/mol. The van der Waals surface area contributed by atoms with E-state index >= 15 is 0 Å². The minimum Gasteiger partial charge on any atom is -0.396 e. The molecule has 0 spiro atoms. The van der Waals surface area contributed by atoms with Crippen LogP contribution < -0.4 is 4.90 Å². The van der Waals surface area contributed by atoms with Gasteiger partial charge in [-0.1, -0.05) is 26.0 Å². The van der Waals surface area contributed by atoms with Crippen LogP contribution >= 0.6 is 0 Å². The van der Waals surface area contributed by atoms with E-state index in [9.17, 15) is 5.11 Å². The minimum atomic E-state index is -0.0166. The number of hydrogen-bond donors (Lipinski definition) is 1. The summed E-state index contributed by atoms with van der Waals surface area (Å²) in [6, 6.07) is 6.78. The molecule has 0 saturated carbocycles. The molecule has 1 N–H and O–H groups in total. The predicted octanol–water partition coefficient (Wildman–Crippen LogP) is 2.63. The Morgan fingerprint density at radius 2 is 2.12 bits per heavy atom. The second-order valence-corrected chi connectivity index (χ2v) is 5.79. The van der Waals surface area contributed by atoms with Crippen LogP contribution in [0.4, 0.5) is 5.69 Å². The van der Waals surface area contributed by atoms with Gasteiger partial charge in [0.25, 0.3) is 0 Å². The van der Waals surface area contributed by atoms with Crippen molar-refractivity contribution in [3.05, 3.63) is 29.3 Å². The summed E-state index contributed by atoms with van der Waals surface area (Å²) < 4.78 is 0. The number of nitrogens with zero attached hydrogens (tertiary/aromatic N) is 1. The highest BCUT2D eigenvalue weighted by Gasteiger charge is 2.21. The SMILES string of the molecule is CCN1CCc2cc(CC(C)(C)CO)ccc21. The Labute approximate surface area is 104 Å². The summed E-state index contributed by atoms with van der Waals surface area (Å²) in [5.41, 5.74) is 4.20. The van der Waals surface area contributed by atoms with E-state index < -0.39 is 0 Å². The summed E-state index contributed by atoms with van der Waals surface area (Å²) in [6.07, 6.45) is 2.11. The molecule has 2 heteroatoms. The number of benzene rings is 1. The Bertz CT molecular complexity index is 398. The third-order valence-electron chi connectivity index (χ3n) is 3.63. The molecule has 0 aromatic heterocycles. The Kier molecular flexibility index (Phi) is 3.43. The molecule has 1 heterocycles. The molecular weight excluding hydrogens is 210 g/mol. The van der Waals surface area contributed by atoms with Gasteiger partial charge >= 0.3 is 0 Å². The number of rotatable bonds is 4. The average Bonchev–Trinajstić information content (AvgIpc) is 2.70. The molecule has 0 amide bonds. The molecule has 0 radical (unpaired) electrons. The molecule has 0 aliphatic carbocycles. The third-order valence-corrected chi connectivity index (χ3v) is 3.63. The van der Waals surface area contributed by atoms with Gasteiger partial charge in [0.05, 0.1) is 0 Å². The largest absolute Gasteiger partial charge is 0.396 e. The molecule has 17 heavy (non-hydrogen) atoms. The quantitative estimate of drug-likeness (QED) is 0.864. The highest BCUT2D eigenvalue weighted by molar-refractivity contribution is 5.59. The molecule has 1 aromatic rings. The van der Waals surface area contributed by atoms with Crippen molar-refractivity contribution in [2.45, 2.75) is 33.6 Å². The molecule has 94 valence electrons. The molecule has 0 saturated heterocycles. The van der Waals surface area contributed by atoms with Crippen LogP contribution in [0.15, 0.2) is 18.2 Å². The first kappa shape index (κ1) is 12.4. The van der Waals surface area contributed by atoms with Gasteiger partial charge in [-0.25, -0.2) is 0 Å². The summed E-state index contributed by atoms with van der Waals surface area (Å²) in [5.74, 6) is 0. The number of aliphatic hydroxyl groups is 1. The Hall–Kier alpha value is -1.02. The third kappa shape index (κ3) is 2.63. The standard InChI is InChI=1S/C15H23NO/c1-4-16-8-7-13-9-12(5-6-14(13)16)10-15(2,3)11-17/h5-6,9,17H,4,7-8,10-11H2,1-3H3. The zero-order chi connectivity index (χ0) is 12.5. The van der Waals surface area contributed by atoms with Gasteiger partial charge in [0, 0.05) is 25.4 Å². The number of likely N-dealkylation sites (N-methyl/N-ethyl adjacent to an activating group) is 1. The molecule has 2 nitrogen and oxygen atoms in total. The maximum absolute atomic E-state index is 9.32. The Morgan fingerprint density at radius 3 is 2.76 bits per heavy atom. The highest BCUT2D eigenvalue weighted by Crippen LogP contribution is 2.30. The van der Waals surface area contributed by atoms with Crippen LogP contribution in [0.2, 0.25) is 0 Å². The maximum atomic E-state index is 9.32. The lowest BCUT2D eigenvalue weighted by Crippen LogP contribution is -2.20. The first-order valence-electron chi connectivity index (χ1n) is 6.53. The van der Waals surface area contributed by atoms with Crippen molar-refractivity contribution in [1.29, 1.82) is 0 Å². The van der Waals surface area contributed by atoms with Gasteiger partial charge in [-0.2, -0.15) is 0 Å². The van der Waals surface area contributed by atoms with Gasteiger partial charge in [0.2, 0.25) is 0 Å². The molecule has 0 atom stereocenters. The van der Waals surface area contributed by atoms with Crippen molar-refractivity contribution in [1.82, 2.24) is 0 Å². The monoisotopic (exact) mass is 233 g/mol. The second-order valence-electron chi connectivity index (χ2n) is 5.79. The van der Waals surface area contributed by atoms with Crippen molar-refractivity contribution in [3.8, 4) is 0 Å². The van der Waals surface area contributed by atoms with E-state index in [1.54, 1.807) is 0 Å². The van der Waals surface area contributed by atoms with Crippen molar-refractivity contribution in [2.75, 3.05) is 24.6 Å². The zero-order valence-electron chi connectivity index (χ0n) is 11.2. The van der Waals surface area contributed by atoms with Crippen molar-refractivity contribution in [3.63, 3.8) is 0 Å². The molecule has 0 fully saturated rings. The van der Waals surface area contributed by atoms with Gasteiger partial charge < -0.3 is 10.0 Å². The summed E-state index contributed by atoms with van der Waals surface area (Å²) in [7, 11) is 0. The van der Waals surface area contributed by atoms with E-state index in [1.165, 1.54) is 16.8 Å². The van der Waals surface area contributed by atoms with E-state index in [4.69, 9.17) is 0 Å². The van der Waals surface area contributed by atoms with Crippen LogP contribution in [0.1, 0.15) is 31.9 Å². The van der Waals surface area contributed by atoms with Crippen LogP contribution in [0.5, 0.6) is 0 Å². The van der Waals surface area contributed by atoms with E-state index in [0.717, 1.165) is 25.9 Å². The first-order chi connectivity index (χ1) is 8.05. The van der Waals surface area contributed by atoms with Gasteiger partial charge in [-0.15, -0.1) is 0 Å². The van der Waals surface area contributed by atoms with Gasteiger partial charge in [-0.05, 0) is 42.4 Å². The molecule has 0 bridgehead atoms. The number of anilines is 1. The molecule has 1 aliphatic heterocycles. The number of hydrogen-bond acceptors (Lipinski definition) is 2. The molecular formula is C15H23NO. The van der Waals surface area contributed by atoms with Crippen molar-refractivity contribution in [2.24, 2.45) is 5.41 Å². The fraction of sp³-hybridized carbons (Fsp3) is 0.600. The van der Waals surface area contributed by atoms with E-state index in [2.05, 4.69) is 43.9 Å². The summed E-state index contributed by atoms with van der Waals surface area (Å²) in [6.45, 7) is 8.91.